The molecule has 0 aromatic rings. The van der Waals surface area contributed by atoms with Crippen LogP contribution >= 0.6 is 0 Å². The Morgan fingerprint density at radius 1 is 1.26 bits per heavy atom. The second kappa shape index (κ2) is 6.81. The van der Waals surface area contributed by atoms with Crippen molar-refractivity contribution in [3.8, 4) is 0 Å². The number of halogens is 1. The van der Waals surface area contributed by atoms with Gasteiger partial charge in [-0.25, -0.2) is 9.18 Å². The van der Waals surface area contributed by atoms with Crippen molar-refractivity contribution in [2.75, 3.05) is 6.67 Å². The van der Waals surface area contributed by atoms with Gasteiger partial charge >= 0.3 is 12.1 Å². The van der Waals surface area contributed by atoms with Crippen LogP contribution in [0, 0.1) is 0 Å². The van der Waals surface area contributed by atoms with E-state index in [-0.39, 0.29) is 0 Å². The number of amides is 1. The van der Waals surface area contributed by atoms with E-state index in [0.717, 1.165) is 0 Å². The van der Waals surface area contributed by atoms with Gasteiger partial charge < -0.3 is 15.2 Å². The van der Waals surface area contributed by atoms with Gasteiger partial charge in [0.1, 0.15) is 11.6 Å². The lowest BCUT2D eigenvalue weighted by Crippen LogP contribution is -2.47. The maximum atomic E-state index is 12.1. The van der Waals surface area contributed by atoms with E-state index in [1.807, 2.05) is 5.32 Å². The van der Waals surface area contributed by atoms with Crippen LogP contribution in [0.15, 0.2) is 0 Å². The van der Waals surface area contributed by atoms with Gasteiger partial charge in [0.05, 0.1) is 6.42 Å². The molecule has 19 heavy (non-hydrogen) atoms. The highest BCUT2D eigenvalue weighted by atomic mass is 19.1. The summed E-state index contributed by atoms with van der Waals surface area (Å²) in [6, 6.07) is -1.64. The molecule has 0 aliphatic heterocycles. The summed E-state index contributed by atoms with van der Waals surface area (Å²) in [6.07, 6.45) is -1.89. The van der Waals surface area contributed by atoms with Crippen LogP contribution in [-0.2, 0) is 19.1 Å². The molecule has 0 spiro atoms. The Kier molecular flexibility index (Phi) is 6.10. The van der Waals surface area contributed by atoms with Crippen molar-refractivity contribution in [2.24, 2.45) is 0 Å². The van der Waals surface area contributed by atoms with Crippen LogP contribution in [0.3, 0.4) is 0 Å². The number of aliphatic carboxylic acids is 1. The Balaban J connectivity index is 4.78. The lowest BCUT2D eigenvalue weighted by molar-refractivity contribution is -0.142. The Hall–Kier alpha value is -1.99. The Labute approximate surface area is 109 Å². The quantitative estimate of drug-likeness (QED) is 0.682. The van der Waals surface area contributed by atoms with Crippen LogP contribution in [-0.4, -0.2) is 47.1 Å². The monoisotopic (exact) mass is 277 g/mol. The van der Waals surface area contributed by atoms with Crippen LogP contribution in [0.5, 0.6) is 0 Å². The fourth-order valence-electron chi connectivity index (χ4n) is 1.09. The van der Waals surface area contributed by atoms with E-state index in [1.54, 1.807) is 20.8 Å². The van der Waals surface area contributed by atoms with Gasteiger partial charge in [0.2, 0.25) is 11.6 Å². The zero-order chi connectivity index (χ0) is 15.2. The molecule has 1 atom stereocenters. The van der Waals surface area contributed by atoms with Crippen molar-refractivity contribution in [1.29, 1.82) is 0 Å². The summed E-state index contributed by atoms with van der Waals surface area (Å²) >= 11 is 0. The minimum atomic E-state index is -1.64. The van der Waals surface area contributed by atoms with Crippen molar-refractivity contribution >= 4 is 23.6 Å². The van der Waals surface area contributed by atoms with Crippen LogP contribution in [0.25, 0.3) is 0 Å². The zero-order valence-electron chi connectivity index (χ0n) is 10.9. The van der Waals surface area contributed by atoms with Crippen LogP contribution in [0.1, 0.15) is 27.2 Å². The molecule has 0 aromatic carbocycles. The summed E-state index contributed by atoms with van der Waals surface area (Å²) in [5.41, 5.74) is -0.856. The van der Waals surface area contributed by atoms with Gasteiger partial charge in [-0.1, -0.05) is 0 Å². The molecule has 0 bridgehead atoms. The normalized spacial score (nSPS) is 12.4. The molecule has 2 N–H and O–H groups in total. The first kappa shape index (κ1) is 17.0. The summed E-state index contributed by atoms with van der Waals surface area (Å²) in [6.45, 7) is 3.14. The maximum absolute atomic E-state index is 12.1. The highest BCUT2D eigenvalue weighted by molar-refractivity contribution is 6.40. The predicted molar refractivity (Wildman–Crippen MR) is 61.4 cm³/mol. The molecule has 0 aromatic heterocycles. The first-order chi connectivity index (χ1) is 8.56. The van der Waals surface area contributed by atoms with Crippen molar-refractivity contribution in [1.82, 2.24) is 5.32 Å². The minimum Gasteiger partial charge on any atom is -0.481 e. The fourth-order valence-corrected chi connectivity index (χ4v) is 1.09. The molecule has 0 fully saturated rings. The molecule has 108 valence electrons. The van der Waals surface area contributed by atoms with Crippen LogP contribution in [0.4, 0.5) is 9.18 Å². The number of nitrogens with one attached hydrogen (secondary N) is 1. The standard InChI is InChI=1S/C11H16FNO6/c1-11(2,3)19-10(18)13-6(4-8(15)16)9(17)7(14)5-12/h6H,4-5H2,1-3H3,(H,13,18)(H,15,16)/t6-/m0/s1. The van der Waals surface area contributed by atoms with Gasteiger partial charge in [-0.15, -0.1) is 0 Å². The van der Waals surface area contributed by atoms with Gasteiger partial charge in [0.25, 0.3) is 0 Å². The van der Waals surface area contributed by atoms with E-state index in [1.165, 1.54) is 0 Å². The van der Waals surface area contributed by atoms with E-state index >= 15 is 0 Å². The zero-order valence-corrected chi connectivity index (χ0v) is 10.9. The van der Waals surface area contributed by atoms with Crippen molar-refractivity contribution in [3.63, 3.8) is 0 Å². The number of carboxylic acids is 1. The largest absolute Gasteiger partial charge is 0.481 e. The van der Waals surface area contributed by atoms with E-state index in [9.17, 15) is 23.6 Å². The highest BCUT2D eigenvalue weighted by Crippen LogP contribution is 2.07. The third kappa shape index (κ3) is 7.12. The second-order valence-corrected chi connectivity index (χ2v) is 4.72. The summed E-state index contributed by atoms with van der Waals surface area (Å²) in [5, 5.41) is 10.5. The Bertz CT molecular complexity index is 387. The SMILES string of the molecule is CC(C)(C)OC(=O)N[C@@H](CC(=O)O)C(=O)C(=O)CF. The van der Waals surface area contributed by atoms with E-state index in [4.69, 9.17) is 9.84 Å². The first-order valence-electron chi connectivity index (χ1n) is 5.41. The smallest absolute Gasteiger partial charge is 0.408 e. The number of alkyl halides is 1. The molecule has 0 radical (unpaired) electrons. The van der Waals surface area contributed by atoms with Gasteiger partial charge in [-0.2, -0.15) is 0 Å². The lowest BCUT2D eigenvalue weighted by atomic mass is 10.1. The van der Waals surface area contributed by atoms with Gasteiger partial charge in [0, 0.05) is 0 Å². The van der Waals surface area contributed by atoms with Gasteiger partial charge in [0.15, 0.2) is 6.67 Å². The molecule has 0 heterocycles. The summed E-state index contributed by atoms with van der Waals surface area (Å²) in [5.74, 6) is -4.13. The molecule has 1 amide bonds. The third-order valence-corrected chi connectivity index (χ3v) is 1.78. The van der Waals surface area contributed by atoms with Crippen molar-refractivity contribution in [3.05, 3.63) is 0 Å². The number of carbonyl (C=O) groups is 4. The number of carbonyl (C=O) groups excluding carboxylic acids is 3. The van der Waals surface area contributed by atoms with Crippen LogP contribution in [0.2, 0.25) is 0 Å². The van der Waals surface area contributed by atoms with Crippen molar-refractivity contribution < 1.29 is 33.4 Å². The molecule has 0 saturated carbocycles. The topological polar surface area (TPSA) is 110 Å². The van der Waals surface area contributed by atoms with Crippen LogP contribution < -0.4 is 5.32 Å². The van der Waals surface area contributed by atoms with E-state index in [2.05, 4.69) is 0 Å². The number of carboxylic acid groups (broad SMARTS) is 1. The molecule has 8 heteroatoms. The maximum Gasteiger partial charge on any atom is 0.408 e. The third-order valence-electron chi connectivity index (χ3n) is 1.78. The number of rotatable bonds is 6. The molecule has 0 aliphatic carbocycles. The molecule has 0 aliphatic rings. The molecule has 7 nitrogen and oxygen atoms in total. The predicted octanol–water partition coefficient (Wildman–Crippen LogP) is 0.462. The Morgan fingerprint density at radius 3 is 2.16 bits per heavy atom. The number of alkyl carbamates (subject to hydrolysis) is 1. The second-order valence-electron chi connectivity index (χ2n) is 4.72. The molecule has 0 unspecified atom stereocenters. The molecular formula is C11H16FNO6. The average Bonchev–Trinajstić information content (AvgIpc) is 2.22. The number of hydrogen-bond donors (Lipinski definition) is 2. The molecule has 0 saturated heterocycles. The fraction of sp³-hybridized carbons (Fsp3) is 0.636. The summed E-state index contributed by atoms with van der Waals surface area (Å²) in [4.78, 5) is 44.2. The van der Waals surface area contributed by atoms with Gasteiger partial charge in [-0.05, 0) is 20.8 Å². The van der Waals surface area contributed by atoms with E-state index in [0.29, 0.717) is 0 Å². The number of ether oxygens (including phenoxy) is 1. The number of Topliss-reactive ketones (excluding diaryl/α,β-unsaturated/α-hetero) is 2. The molecular weight excluding hydrogens is 261 g/mol. The average molecular weight is 277 g/mol. The summed E-state index contributed by atoms with van der Waals surface area (Å²) < 4.78 is 16.9. The number of ketones is 2. The van der Waals surface area contributed by atoms with Gasteiger partial charge in [-0.3, -0.25) is 14.4 Å². The minimum absolute atomic E-state index is 0.830. The first-order valence-corrected chi connectivity index (χ1v) is 5.41. The number of hydrogen-bond acceptors (Lipinski definition) is 5. The Morgan fingerprint density at radius 2 is 1.79 bits per heavy atom. The summed E-state index contributed by atoms with van der Waals surface area (Å²) in [7, 11) is 0. The van der Waals surface area contributed by atoms with Crippen molar-refractivity contribution in [2.45, 2.75) is 38.8 Å². The highest BCUT2D eigenvalue weighted by Gasteiger charge is 2.30. The lowest BCUT2D eigenvalue weighted by Gasteiger charge is -2.22. The molecule has 0 rings (SSSR count). The van der Waals surface area contributed by atoms with E-state index < -0.39 is 48.4 Å².